The van der Waals surface area contributed by atoms with Crippen LogP contribution in [0.15, 0.2) is 48.5 Å². The average molecular weight is 325 g/mol. The van der Waals surface area contributed by atoms with E-state index in [1.54, 1.807) is 7.11 Å². The van der Waals surface area contributed by atoms with Gasteiger partial charge in [-0.15, -0.1) is 0 Å². The molecule has 4 nitrogen and oxygen atoms in total. The van der Waals surface area contributed by atoms with Gasteiger partial charge in [0.15, 0.2) is 0 Å². The average Bonchev–Trinajstić information content (AvgIpc) is 3.07. The van der Waals surface area contributed by atoms with Gasteiger partial charge < -0.3 is 15.2 Å². The maximum Gasteiger partial charge on any atom is 0.255 e. The summed E-state index contributed by atoms with van der Waals surface area (Å²) in [6.07, 6.45) is 3.52. The number of ether oxygens (including phenoxy) is 1. The molecular formula is C20H23NO3. The second kappa shape index (κ2) is 7.05. The minimum absolute atomic E-state index is 0.218. The van der Waals surface area contributed by atoms with Crippen molar-refractivity contribution in [2.75, 3.05) is 13.7 Å². The predicted molar refractivity (Wildman–Crippen MR) is 94.2 cm³/mol. The highest BCUT2D eigenvalue weighted by molar-refractivity contribution is 5.98. The van der Waals surface area contributed by atoms with Crippen LogP contribution < -0.4 is 10.1 Å². The fourth-order valence-electron chi connectivity index (χ4n) is 3.25. The van der Waals surface area contributed by atoms with E-state index in [0.29, 0.717) is 11.3 Å². The van der Waals surface area contributed by atoms with Crippen LogP contribution in [-0.4, -0.2) is 30.3 Å². The molecule has 1 aliphatic carbocycles. The van der Waals surface area contributed by atoms with E-state index in [4.69, 9.17) is 4.74 Å². The Hall–Kier alpha value is -2.33. The van der Waals surface area contributed by atoms with Crippen molar-refractivity contribution in [3.8, 4) is 16.9 Å². The molecule has 1 saturated carbocycles. The second-order valence-corrected chi connectivity index (χ2v) is 6.40. The lowest BCUT2D eigenvalue weighted by molar-refractivity contribution is 0.0449. The summed E-state index contributed by atoms with van der Waals surface area (Å²) < 4.78 is 5.33. The second-order valence-electron chi connectivity index (χ2n) is 6.40. The lowest BCUT2D eigenvalue weighted by atomic mass is 10.0. The molecule has 24 heavy (non-hydrogen) atoms. The molecule has 0 saturated heterocycles. The maximum absolute atomic E-state index is 12.6. The molecule has 0 spiro atoms. The van der Waals surface area contributed by atoms with Gasteiger partial charge in [0.05, 0.1) is 18.3 Å². The van der Waals surface area contributed by atoms with Crippen LogP contribution in [0.25, 0.3) is 11.1 Å². The number of rotatable bonds is 5. The molecular weight excluding hydrogens is 302 g/mol. The van der Waals surface area contributed by atoms with Crippen molar-refractivity contribution in [1.82, 2.24) is 5.32 Å². The van der Waals surface area contributed by atoms with E-state index >= 15 is 0 Å². The largest absolute Gasteiger partial charge is 0.496 e. The summed E-state index contributed by atoms with van der Waals surface area (Å²) in [4.78, 5) is 12.6. The van der Waals surface area contributed by atoms with Gasteiger partial charge in [-0.2, -0.15) is 0 Å². The summed E-state index contributed by atoms with van der Waals surface area (Å²) in [5.41, 5.74) is 1.73. The normalized spacial score (nSPS) is 15.9. The van der Waals surface area contributed by atoms with Gasteiger partial charge in [-0.1, -0.05) is 49.2 Å². The highest BCUT2D eigenvalue weighted by atomic mass is 16.5. The van der Waals surface area contributed by atoms with Gasteiger partial charge in [-0.3, -0.25) is 4.79 Å². The summed E-state index contributed by atoms with van der Waals surface area (Å²) in [5.74, 6) is 0.315. The molecule has 2 N–H and O–H groups in total. The Kier molecular flexibility index (Phi) is 4.86. The Morgan fingerprint density at radius 1 is 1.12 bits per heavy atom. The van der Waals surface area contributed by atoms with Crippen LogP contribution in [0.1, 0.15) is 36.0 Å². The Balaban J connectivity index is 1.81. The maximum atomic E-state index is 12.6. The van der Waals surface area contributed by atoms with Crippen LogP contribution in [0.2, 0.25) is 0 Å². The van der Waals surface area contributed by atoms with E-state index in [9.17, 15) is 9.90 Å². The number of hydrogen-bond acceptors (Lipinski definition) is 3. The fourth-order valence-corrected chi connectivity index (χ4v) is 3.25. The standard InChI is InChI=1S/C20H23NO3/c1-24-18-10-9-16(15-7-3-2-4-8-15)13-17(18)19(22)21-14-20(23)11-5-6-12-20/h2-4,7-10,13,23H,5-6,11-12,14H2,1H3,(H,21,22). The number of methoxy groups -OCH3 is 1. The zero-order chi connectivity index (χ0) is 17.0. The first kappa shape index (κ1) is 16.5. The van der Waals surface area contributed by atoms with Crippen molar-refractivity contribution >= 4 is 5.91 Å². The Bertz CT molecular complexity index is 706. The molecule has 1 aliphatic rings. The van der Waals surface area contributed by atoms with Gasteiger partial charge in [0.25, 0.3) is 5.91 Å². The smallest absolute Gasteiger partial charge is 0.255 e. The SMILES string of the molecule is COc1ccc(-c2ccccc2)cc1C(=O)NCC1(O)CCCC1. The topological polar surface area (TPSA) is 58.6 Å². The third-order valence-electron chi connectivity index (χ3n) is 4.66. The minimum Gasteiger partial charge on any atom is -0.496 e. The summed E-state index contributed by atoms with van der Waals surface area (Å²) in [5, 5.41) is 13.3. The highest BCUT2D eigenvalue weighted by Crippen LogP contribution is 2.29. The molecule has 1 fully saturated rings. The van der Waals surface area contributed by atoms with Gasteiger partial charge in [0.1, 0.15) is 5.75 Å². The van der Waals surface area contributed by atoms with E-state index < -0.39 is 5.60 Å². The van der Waals surface area contributed by atoms with Crippen LogP contribution in [-0.2, 0) is 0 Å². The van der Waals surface area contributed by atoms with E-state index in [-0.39, 0.29) is 12.5 Å². The van der Waals surface area contributed by atoms with Crippen molar-refractivity contribution in [2.24, 2.45) is 0 Å². The first-order valence-electron chi connectivity index (χ1n) is 8.35. The molecule has 3 rings (SSSR count). The van der Waals surface area contributed by atoms with Crippen LogP contribution >= 0.6 is 0 Å². The number of hydrogen-bond donors (Lipinski definition) is 2. The van der Waals surface area contributed by atoms with E-state index in [1.807, 2.05) is 48.5 Å². The number of carbonyl (C=O) groups is 1. The van der Waals surface area contributed by atoms with Gasteiger partial charge in [-0.25, -0.2) is 0 Å². The lowest BCUT2D eigenvalue weighted by Gasteiger charge is -2.22. The molecule has 0 radical (unpaired) electrons. The van der Waals surface area contributed by atoms with E-state index in [1.165, 1.54) is 0 Å². The van der Waals surface area contributed by atoms with Crippen LogP contribution in [0.5, 0.6) is 5.75 Å². The number of aliphatic hydroxyl groups is 1. The molecule has 2 aromatic rings. The van der Waals surface area contributed by atoms with Crippen molar-refractivity contribution in [3.63, 3.8) is 0 Å². The van der Waals surface area contributed by atoms with Crippen molar-refractivity contribution < 1.29 is 14.6 Å². The molecule has 0 aliphatic heterocycles. The number of carbonyl (C=O) groups excluding carboxylic acids is 1. The summed E-state index contributed by atoms with van der Waals surface area (Å²) in [6, 6.07) is 15.5. The zero-order valence-electron chi connectivity index (χ0n) is 13.9. The summed E-state index contributed by atoms with van der Waals surface area (Å²) in [7, 11) is 1.55. The predicted octanol–water partition coefficient (Wildman–Crippen LogP) is 3.40. The molecule has 0 bridgehead atoms. The summed E-state index contributed by atoms with van der Waals surface area (Å²) >= 11 is 0. The monoisotopic (exact) mass is 325 g/mol. The third kappa shape index (κ3) is 3.60. The lowest BCUT2D eigenvalue weighted by Crippen LogP contribution is -2.40. The first-order valence-corrected chi connectivity index (χ1v) is 8.35. The third-order valence-corrected chi connectivity index (χ3v) is 4.66. The van der Waals surface area contributed by atoms with Gasteiger partial charge >= 0.3 is 0 Å². The molecule has 0 unspecified atom stereocenters. The van der Waals surface area contributed by atoms with Crippen molar-refractivity contribution in [1.29, 1.82) is 0 Å². The molecule has 4 heteroatoms. The van der Waals surface area contributed by atoms with Gasteiger partial charge in [0.2, 0.25) is 0 Å². The summed E-state index contributed by atoms with van der Waals surface area (Å²) in [6.45, 7) is 0.282. The minimum atomic E-state index is -0.764. The fraction of sp³-hybridized carbons (Fsp3) is 0.350. The Morgan fingerprint density at radius 3 is 2.50 bits per heavy atom. The van der Waals surface area contributed by atoms with E-state index in [2.05, 4.69) is 5.32 Å². The number of amides is 1. The van der Waals surface area contributed by atoms with Crippen LogP contribution in [0, 0.1) is 0 Å². The van der Waals surface area contributed by atoms with Crippen LogP contribution in [0.3, 0.4) is 0 Å². The Morgan fingerprint density at radius 2 is 1.83 bits per heavy atom. The molecule has 1 amide bonds. The molecule has 0 atom stereocenters. The Labute approximate surface area is 142 Å². The van der Waals surface area contributed by atoms with Crippen molar-refractivity contribution in [2.45, 2.75) is 31.3 Å². The molecule has 0 heterocycles. The molecule has 0 aromatic heterocycles. The van der Waals surface area contributed by atoms with Gasteiger partial charge in [-0.05, 0) is 36.1 Å². The number of nitrogens with one attached hydrogen (secondary N) is 1. The quantitative estimate of drug-likeness (QED) is 0.886. The van der Waals surface area contributed by atoms with Gasteiger partial charge in [0, 0.05) is 6.54 Å². The highest BCUT2D eigenvalue weighted by Gasteiger charge is 2.31. The van der Waals surface area contributed by atoms with Crippen LogP contribution in [0.4, 0.5) is 0 Å². The molecule has 2 aromatic carbocycles. The first-order chi connectivity index (χ1) is 11.6. The number of benzene rings is 2. The molecule has 126 valence electrons. The van der Waals surface area contributed by atoms with Crippen molar-refractivity contribution in [3.05, 3.63) is 54.1 Å². The van der Waals surface area contributed by atoms with E-state index in [0.717, 1.165) is 36.8 Å². The zero-order valence-corrected chi connectivity index (χ0v) is 13.9.